The van der Waals surface area contributed by atoms with Gasteiger partial charge in [-0.2, -0.15) is 0 Å². The van der Waals surface area contributed by atoms with Gasteiger partial charge in [-0.15, -0.1) is 11.6 Å². The smallest absolute Gasteiger partial charge is 0.402 e. The van der Waals surface area contributed by atoms with Crippen LogP contribution >= 0.6 is 11.6 Å². The molecule has 1 unspecified atom stereocenters. The van der Waals surface area contributed by atoms with Crippen LogP contribution < -0.4 is 5.73 Å². The van der Waals surface area contributed by atoms with Crippen LogP contribution in [0, 0.1) is 0 Å². The van der Waals surface area contributed by atoms with Crippen molar-refractivity contribution >= 4 is 17.7 Å². The van der Waals surface area contributed by atoms with E-state index in [-0.39, 0.29) is 0 Å². The van der Waals surface area contributed by atoms with Crippen molar-refractivity contribution in [2.24, 2.45) is 5.73 Å². The van der Waals surface area contributed by atoms with Crippen LogP contribution in [0.25, 0.3) is 0 Å². The zero-order valence-electron chi connectivity index (χ0n) is 7.01. The Balaban J connectivity index is 0. The summed E-state index contributed by atoms with van der Waals surface area (Å²) in [6.45, 7) is 4.22. The van der Waals surface area contributed by atoms with Crippen molar-refractivity contribution < 1.29 is 9.90 Å². The molecule has 0 saturated carbocycles. The summed E-state index contributed by atoms with van der Waals surface area (Å²) in [6, 6.07) is 0. The Kier molecular flexibility index (Phi) is 11.4. The zero-order valence-corrected chi connectivity index (χ0v) is 7.77. The third-order valence-corrected chi connectivity index (χ3v) is 1.17. The number of alkyl halides is 1. The van der Waals surface area contributed by atoms with E-state index in [2.05, 4.69) is 12.7 Å². The molecule has 11 heavy (non-hydrogen) atoms. The van der Waals surface area contributed by atoms with Crippen molar-refractivity contribution in [1.29, 1.82) is 0 Å². The summed E-state index contributed by atoms with van der Waals surface area (Å²) in [5, 5.41) is 7.57. The first-order valence-electron chi connectivity index (χ1n) is 3.63. The second kappa shape index (κ2) is 9.56. The highest BCUT2D eigenvalue weighted by Gasteiger charge is 1.91. The van der Waals surface area contributed by atoms with Crippen molar-refractivity contribution in [3.8, 4) is 0 Å². The minimum absolute atomic E-state index is 0.375. The van der Waals surface area contributed by atoms with Crippen molar-refractivity contribution in [3.05, 3.63) is 0 Å². The molecule has 4 heteroatoms. The molecule has 0 aliphatic carbocycles. The highest BCUT2D eigenvalue weighted by molar-refractivity contribution is 6.20. The van der Waals surface area contributed by atoms with Crippen LogP contribution in [0.2, 0.25) is 0 Å². The van der Waals surface area contributed by atoms with Crippen LogP contribution in [-0.4, -0.2) is 16.6 Å². The van der Waals surface area contributed by atoms with Gasteiger partial charge in [-0.25, -0.2) is 4.79 Å². The van der Waals surface area contributed by atoms with Gasteiger partial charge in [0.25, 0.3) is 0 Å². The van der Waals surface area contributed by atoms with Crippen molar-refractivity contribution in [1.82, 2.24) is 0 Å². The lowest BCUT2D eigenvalue weighted by Gasteiger charge is -1.96. The first-order chi connectivity index (χ1) is 5.00. The Morgan fingerprint density at radius 2 is 2.09 bits per heavy atom. The number of carbonyl (C=O) groups is 1. The topological polar surface area (TPSA) is 63.3 Å². The molecule has 0 aromatic carbocycles. The van der Waals surface area contributed by atoms with Crippen molar-refractivity contribution in [3.63, 3.8) is 0 Å². The van der Waals surface area contributed by atoms with Gasteiger partial charge in [0.1, 0.15) is 0 Å². The summed E-state index contributed by atoms with van der Waals surface area (Å²) in [7, 11) is 0. The Labute approximate surface area is 72.5 Å². The largest absolute Gasteiger partial charge is 0.465 e. The maximum atomic E-state index is 8.78. The average Bonchev–Trinajstić information content (AvgIpc) is 1.82. The van der Waals surface area contributed by atoms with E-state index < -0.39 is 6.09 Å². The molecule has 0 radical (unpaired) electrons. The maximum absolute atomic E-state index is 8.78. The average molecular weight is 182 g/mol. The first kappa shape index (κ1) is 13.2. The number of primary amides is 1. The van der Waals surface area contributed by atoms with E-state index in [1.807, 2.05) is 6.92 Å². The lowest BCUT2D eigenvalue weighted by molar-refractivity contribution is 0.205. The van der Waals surface area contributed by atoms with Crippen LogP contribution in [0.1, 0.15) is 33.1 Å². The minimum Gasteiger partial charge on any atom is -0.465 e. The molecule has 0 aliphatic heterocycles. The van der Waals surface area contributed by atoms with Gasteiger partial charge >= 0.3 is 6.09 Å². The van der Waals surface area contributed by atoms with E-state index in [0.29, 0.717) is 5.38 Å². The van der Waals surface area contributed by atoms with Gasteiger partial charge in [-0.3, -0.25) is 0 Å². The summed E-state index contributed by atoms with van der Waals surface area (Å²) in [4.78, 5) is 8.78. The zero-order chi connectivity index (χ0) is 9.28. The fourth-order valence-electron chi connectivity index (χ4n) is 0.485. The quantitative estimate of drug-likeness (QED) is 0.657. The van der Waals surface area contributed by atoms with E-state index >= 15 is 0 Å². The SMILES string of the molecule is CCCCC(C)Cl.NC(=O)O. The molecule has 0 saturated heterocycles. The Hall–Kier alpha value is -0.440. The Morgan fingerprint density at radius 1 is 1.73 bits per heavy atom. The van der Waals surface area contributed by atoms with Crippen molar-refractivity contribution in [2.45, 2.75) is 38.5 Å². The van der Waals surface area contributed by atoms with E-state index in [0.717, 1.165) is 6.42 Å². The minimum atomic E-state index is -1.33. The Bertz CT molecular complexity index is 92.4. The number of nitrogens with two attached hydrogens (primary N) is 1. The van der Waals surface area contributed by atoms with Gasteiger partial charge in [-0.1, -0.05) is 19.8 Å². The number of carboxylic acid groups (broad SMARTS) is 1. The predicted octanol–water partition coefficient (Wildman–Crippen LogP) is 2.43. The van der Waals surface area contributed by atoms with E-state index in [1.54, 1.807) is 0 Å². The standard InChI is InChI=1S/C6H13Cl.CH3NO2/c1-3-4-5-6(2)7;2-1(3)4/h6H,3-5H2,1-2H3;2H2,(H,3,4). The normalized spacial score (nSPS) is 11.2. The predicted molar refractivity (Wildman–Crippen MR) is 47.1 cm³/mol. The third kappa shape index (κ3) is 43.1. The molecular weight excluding hydrogens is 166 g/mol. The van der Waals surface area contributed by atoms with Gasteiger partial charge in [0.05, 0.1) is 0 Å². The molecular formula is C7H16ClNO2. The number of halogens is 1. The van der Waals surface area contributed by atoms with Crippen LogP contribution in [0.3, 0.4) is 0 Å². The molecule has 0 bridgehead atoms. The highest BCUT2D eigenvalue weighted by atomic mass is 35.5. The summed E-state index contributed by atoms with van der Waals surface area (Å²) < 4.78 is 0. The van der Waals surface area contributed by atoms with Crippen LogP contribution in [0.5, 0.6) is 0 Å². The summed E-state index contributed by atoms with van der Waals surface area (Å²) in [5.74, 6) is 0. The van der Waals surface area contributed by atoms with Gasteiger partial charge in [0, 0.05) is 5.38 Å². The monoisotopic (exact) mass is 181 g/mol. The van der Waals surface area contributed by atoms with E-state index in [1.165, 1.54) is 12.8 Å². The molecule has 68 valence electrons. The second-order valence-electron chi connectivity index (χ2n) is 2.26. The fourth-order valence-corrected chi connectivity index (χ4v) is 0.640. The number of rotatable bonds is 3. The summed E-state index contributed by atoms with van der Waals surface area (Å²) in [5.41, 5.74) is 4.03. The number of amides is 1. The molecule has 0 aromatic heterocycles. The molecule has 0 fully saturated rings. The summed E-state index contributed by atoms with van der Waals surface area (Å²) in [6.07, 6.45) is 2.36. The van der Waals surface area contributed by atoms with Gasteiger partial charge < -0.3 is 10.8 Å². The van der Waals surface area contributed by atoms with Crippen LogP contribution in [0.15, 0.2) is 0 Å². The molecule has 3 nitrogen and oxygen atoms in total. The molecule has 0 spiro atoms. The maximum Gasteiger partial charge on any atom is 0.402 e. The van der Waals surface area contributed by atoms with Crippen LogP contribution in [0.4, 0.5) is 4.79 Å². The number of unbranched alkanes of at least 4 members (excludes halogenated alkanes) is 1. The van der Waals surface area contributed by atoms with Crippen molar-refractivity contribution in [2.75, 3.05) is 0 Å². The first-order valence-corrected chi connectivity index (χ1v) is 4.06. The van der Waals surface area contributed by atoms with Gasteiger partial charge in [0.15, 0.2) is 0 Å². The Morgan fingerprint density at radius 3 is 2.18 bits per heavy atom. The second-order valence-corrected chi connectivity index (χ2v) is 3.01. The van der Waals surface area contributed by atoms with E-state index in [4.69, 9.17) is 21.5 Å². The molecule has 1 amide bonds. The van der Waals surface area contributed by atoms with Gasteiger partial charge in [0.2, 0.25) is 0 Å². The fraction of sp³-hybridized carbons (Fsp3) is 0.857. The van der Waals surface area contributed by atoms with Crippen LogP contribution in [-0.2, 0) is 0 Å². The molecule has 0 heterocycles. The lowest BCUT2D eigenvalue weighted by Crippen LogP contribution is -2.03. The molecule has 0 aliphatic rings. The van der Waals surface area contributed by atoms with E-state index in [9.17, 15) is 0 Å². The third-order valence-electron chi connectivity index (χ3n) is 0.955. The lowest BCUT2D eigenvalue weighted by atomic mass is 10.2. The number of hydrogen-bond donors (Lipinski definition) is 2. The molecule has 1 atom stereocenters. The molecule has 3 N–H and O–H groups in total. The number of hydrogen-bond acceptors (Lipinski definition) is 1. The van der Waals surface area contributed by atoms with Gasteiger partial charge in [-0.05, 0) is 13.3 Å². The highest BCUT2D eigenvalue weighted by Crippen LogP contribution is 2.04. The molecule has 0 aromatic rings. The molecule has 0 rings (SSSR count). The summed E-state index contributed by atoms with van der Waals surface area (Å²) >= 11 is 5.66.